The highest BCUT2D eigenvalue weighted by Gasteiger charge is 2.06. The zero-order chi connectivity index (χ0) is 13.7. The Bertz CT molecular complexity index is 549. The molecule has 0 aliphatic rings. The first-order valence-electron chi connectivity index (χ1n) is 5.95. The number of aryl methyl sites for hydroxylation is 2. The molecule has 0 radical (unpaired) electrons. The van der Waals surface area contributed by atoms with E-state index in [-0.39, 0.29) is 13.0 Å². The van der Waals surface area contributed by atoms with Crippen molar-refractivity contribution < 1.29 is 14.6 Å². The Kier molecular flexibility index (Phi) is 4.12. The van der Waals surface area contributed by atoms with Crippen LogP contribution in [0.3, 0.4) is 0 Å². The first-order chi connectivity index (χ1) is 9.13. The molecule has 0 spiro atoms. The zero-order valence-corrected chi connectivity index (χ0v) is 10.6. The molecule has 0 fully saturated rings. The molecule has 6 nitrogen and oxygen atoms in total. The average molecular weight is 261 g/mol. The van der Waals surface area contributed by atoms with Crippen LogP contribution in [0.2, 0.25) is 0 Å². The summed E-state index contributed by atoms with van der Waals surface area (Å²) < 4.78 is 5.54. The van der Waals surface area contributed by atoms with E-state index in [9.17, 15) is 4.79 Å². The highest BCUT2D eigenvalue weighted by molar-refractivity contribution is 5.66. The van der Waals surface area contributed by atoms with E-state index in [2.05, 4.69) is 15.2 Å². The van der Waals surface area contributed by atoms with Crippen LogP contribution >= 0.6 is 0 Å². The maximum absolute atomic E-state index is 10.4. The van der Waals surface area contributed by atoms with E-state index in [1.165, 1.54) is 5.56 Å². The number of H-pyrrole nitrogens is 1. The van der Waals surface area contributed by atoms with Crippen molar-refractivity contribution in [3.8, 4) is 5.75 Å². The highest BCUT2D eigenvalue weighted by atomic mass is 16.5. The molecule has 6 heteroatoms. The molecule has 19 heavy (non-hydrogen) atoms. The number of aromatic nitrogens is 3. The van der Waals surface area contributed by atoms with Gasteiger partial charge in [0.15, 0.2) is 11.6 Å². The van der Waals surface area contributed by atoms with Gasteiger partial charge in [-0.2, -0.15) is 5.10 Å². The molecule has 0 aliphatic heterocycles. The quantitative estimate of drug-likeness (QED) is 0.826. The third-order valence-electron chi connectivity index (χ3n) is 2.54. The Morgan fingerprint density at radius 1 is 1.37 bits per heavy atom. The minimum atomic E-state index is -0.859. The molecule has 2 aromatic rings. The number of hydrogen-bond donors (Lipinski definition) is 2. The summed E-state index contributed by atoms with van der Waals surface area (Å²) in [7, 11) is 0. The number of aliphatic carboxylic acids is 1. The fourth-order valence-electron chi connectivity index (χ4n) is 1.52. The van der Waals surface area contributed by atoms with E-state index >= 15 is 0 Å². The zero-order valence-electron chi connectivity index (χ0n) is 10.6. The number of rotatable bonds is 6. The van der Waals surface area contributed by atoms with Crippen molar-refractivity contribution in [3.05, 3.63) is 41.5 Å². The molecule has 0 saturated heterocycles. The molecule has 100 valence electrons. The summed E-state index contributed by atoms with van der Waals surface area (Å²) in [4.78, 5) is 14.6. The number of nitrogens with zero attached hydrogens (tertiary/aromatic N) is 2. The largest absolute Gasteiger partial charge is 0.486 e. The Labute approximate surface area is 110 Å². The summed E-state index contributed by atoms with van der Waals surface area (Å²) in [6, 6.07) is 7.70. The third-order valence-corrected chi connectivity index (χ3v) is 2.54. The summed E-state index contributed by atoms with van der Waals surface area (Å²) in [5.41, 5.74) is 1.17. The van der Waals surface area contributed by atoms with Crippen LogP contribution in [0, 0.1) is 6.92 Å². The van der Waals surface area contributed by atoms with Crippen molar-refractivity contribution in [3.63, 3.8) is 0 Å². The minimum Gasteiger partial charge on any atom is -0.486 e. The molecule has 0 atom stereocenters. The molecule has 1 aromatic carbocycles. The smallest absolute Gasteiger partial charge is 0.303 e. The van der Waals surface area contributed by atoms with Gasteiger partial charge in [-0.05, 0) is 19.1 Å². The van der Waals surface area contributed by atoms with Crippen molar-refractivity contribution in [1.29, 1.82) is 0 Å². The predicted molar refractivity (Wildman–Crippen MR) is 67.9 cm³/mol. The second kappa shape index (κ2) is 5.99. The lowest BCUT2D eigenvalue weighted by Crippen LogP contribution is -2.00. The van der Waals surface area contributed by atoms with Gasteiger partial charge in [-0.1, -0.05) is 17.7 Å². The number of carboxylic acids is 1. The van der Waals surface area contributed by atoms with Gasteiger partial charge in [0.1, 0.15) is 12.4 Å². The minimum absolute atomic E-state index is 0.0239. The Balaban J connectivity index is 1.86. The van der Waals surface area contributed by atoms with Crippen LogP contribution in [0.1, 0.15) is 23.6 Å². The van der Waals surface area contributed by atoms with Crippen molar-refractivity contribution in [1.82, 2.24) is 15.2 Å². The van der Waals surface area contributed by atoms with Gasteiger partial charge in [-0.3, -0.25) is 9.89 Å². The van der Waals surface area contributed by atoms with Gasteiger partial charge in [0.05, 0.1) is 6.42 Å². The van der Waals surface area contributed by atoms with E-state index in [0.717, 1.165) is 5.75 Å². The summed E-state index contributed by atoms with van der Waals surface area (Å²) >= 11 is 0. The molecule has 2 rings (SSSR count). The molecular formula is C13H15N3O3. The van der Waals surface area contributed by atoms with Crippen LogP contribution in [0.15, 0.2) is 24.3 Å². The molecule has 0 amide bonds. The standard InChI is InChI=1S/C13H15N3O3/c1-9-2-4-10(5-3-9)19-8-12-14-11(15-16-12)6-7-13(17)18/h2-5H,6-8H2,1H3,(H,17,18)(H,14,15,16). The first kappa shape index (κ1) is 13.1. The molecule has 0 aliphatic carbocycles. The molecule has 0 bridgehead atoms. The van der Waals surface area contributed by atoms with E-state index < -0.39 is 5.97 Å². The van der Waals surface area contributed by atoms with Crippen LogP contribution in [0.5, 0.6) is 5.75 Å². The fraction of sp³-hybridized carbons (Fsp3) is 0.308. The van der Waals surface area contributed by atoms with Crippen LogP contribution < -0.4 is 4.74 Å². The maximum Gasteiger partial charge on any atom is 0.303 e. The monoisotopic (exact) mass is 261 g/mol. The average Bonchev–Trinajstić information content (AvgIpc) is 2.84. The number of aromatic amines is 1. The number of ether oxygens (including phenoxy) is 1. The van der Waals surface area contributed by atoms with Crippen molar-refractivity contribution in [2.24, 2.45) is 0 Å². The number of benzene rings is 1. The van der Waals surface area contributed by atoms with Gasteiger partial charge < -0.3 is 9.84 Å². The second-order valence-electron chi connectivity index (χ2n) is 4.19. The number of carbonyl (C=O) groups is 1. The lowest BCUT2D eigenvalue weighted by molar-refractivity contribution is -0.137. The van der Waals surface area contributed by atoms with E-state index in [4.69, 9.17) is 9.84 Å². The third kappa shape index (κ3) is 4.09. The molecule has 2 N–H and O–H groups in total. The number of nitrogens with one attached hydrogen (secondary N) is 1. The molecule has 0 unspecified atom stereocenters. The Hall–Kier alpha value is -2.37. The van der Waals surface area contributed by atoms with Gasteiger partial charge >= 0.3 is 5.97 Å². The van der Waals surface area contributed by atoms with Gasteiger partial charge in [0, 0.05) is 6.42 Å². The van der Waals surface area contributed by atoms with Crippen LogP contribution in [-0.2, 0) is 17.8 Å². The van der Waals surface area contributed by atoms with Crippen LogP contribution in [-0.4, -0.2) is 26.3 Å². The lowest BCUT2D eigenvalue weighted by Gasteiger charge is -2.03. The highest BCUT2D eigenvalue weighted by Crippen LogP contribution is 2.12. The molecule has 1 heterocycles. The molecular weight excluding hydrogens is 246 g/mol. The molecule has 1 aromatic heterocycles. The van der Waals surface area contributed by atoms with Crippen molar-refractivity contribution in [2.75, 3.05) is 0 Å². The Morgan fingerprint density at radius 3 is 2.79 bits per heavy atom. The Morgan fingerprint density at radius 2 is 2.11 bits per heavy atom. The normalized spacial score (nSPS) is 10.4. The second-order valence-corrected chi connectivity index (χ2v) is 4.19. The van der Waals surface area contributed by atoms with Gasteiger partial charge in [0.25, 0.3) is 0 Å². The van der Waals surface area contributed by atoms with E-state index in [1.807, 2.05) is 31.2 Å². The number of carboxylic acid groups (broad SMARTS) is 1. The lowest BCUT2D eigenvalue weighted by atomic mass is 10.2. The fourth-order valence-corrected chi connectivity index (χ4v) is 1.52. The van der Waals surface area contributed by atoms with Crippen LogP contribution in [0.4, 0.5) is 0 Å². The maximum atomic E-state index is 10.4. The van der Waals surface area contributed by atoms with E-state index in [1.54, 1.807) is 0 Å². The summed E-state index contributed by atoms with van der Waals surface area (Å²) in [5.74, 6) is 0.974. The summed E-state index contributed by atoms with van der Waals surface area (Å²) in [6.45, 7) is 2.29. The van der Waals surface area contributed by atoms with Gasteiger partial charge in [0.2, 0.25) is 0 Å². The van der Waals surface area contributed by atoms with E-state index in [0.29, 0.717) is 18.1 Å². The molecule has 0 saturated carbocycles. The van der Waals surface area contributed by atoms with Gasteiger partial charge in [-0.25, -0.2) is 4.98 Å². The summed E-state index contributed by atoms with van der Waals surface area (Å²) in [5, 5.41) is 15.2. The first-order valence-corrected chi connectivity index (χ1v) is 5.95. The van der Waals surface area contributed by atoms with Crippen molar-refractivity contribution in [2.45, 2.75) is 26.4 Å². The topological polar surface area (TPSA) is 88.1 Å². The van der Waals surface area contributed by atoms with Crippen LogP contribution in [0.25, 0.3) is 0 Å². The van der Waals surface area contributed by atoms with Gasteiger partial charge in [-0.15, -0.1) is 0 Å². The SMILES string of the molecule is Cc1ccc(OCc2nc(CCC(=O)O)n[nH]2)cc1. The predicted octanol–water partition coefficient (Wildman–Crippen LogP) is 1.71. The van der Waals surface area contributed by atoms with Crippen molar-refractivity contribution >= 4 is 5.97 Å². The summed E-state index contributed by atoms with van der Waals surface area (Å²) in [6.07, 6.45) is 0.340. The number of hydrogen-bond acceptors (Lipinski definition) is 4.